The van der Waals surface area contributed by atoms with E-state index in [0.29, 0.717) is 17.5 Å². The minimum absolute atomic E-state index is 0.565. The molecule has 12 rings (SSSR count). The van der Waals surface area contributed by atoms with Crippen LogP contribution in [0.15, 0.2) is 186 Å². The summed E-state index contributed by atoms with van der Waals surface area (Å²) in [5, 5.41) is 7.01. The minimum atomic E-state index is 0.565. The molecule has 0 aliphatic rings. The van der Waals surface area contributed by atoms with E-state index < -0.39 is 0 Å². The predicted octanol–water partition coefficient (Wildman–Crippen LogP) is 13.9. The van der Waals surface area contributed by atoms with Gasteiger partial charge in [0.05, 0.1) is 22.3 Å². The molecule has 4 aromatic heterocycles. The van der Waals surface area contributed by atoms with Crippen LogP contribution in [0.2, 0.25) is 0 Å². The molecule has 0 amide bonds. The number of rotatable bonds is 5. The number of benzene rings is 8. The van der Waals surface area contributed by atoms with Crippen molar-refractivity contribution in [1.29, 1.82) is 0 Å². The van der Waals surface area contributed by atoms with Crippen LogP contribution in [0.4, 0.5) is 0 Å². The fraction of sp³-hybridized carbons (Fsp3) is 0. The zero-order chi connectivity index (χ0) is 37.5. The van der Waals surface area contributed by atoms with Gasteiger partial charge in [-0.15, -0.1) is 11.3 Å². The molecule has 0 unspecified atom stereocenters. The SMILES string of the molecule is c1ccc(-c2nc(-c3ccccc3)nc(-c3cccc4c3oc3c(-c5cccc6sc7cccc(-n8c9ccccc9c9ccccc98)c7c56)cccc34)n2)cc1. The van der Waals surface area contributed by atoms with Gasteiger partial charge in [-0.25, -0.2) is 15.0 Å². The van der Waals surface area contributed by atoms with Crippen LogP contribution in [0.3, 0.4) is 0 Å². The Hall–Kier alpha value is -7.41. The molecule has 0 saturated heterocycles. The fourth-order valence-corrected chi connectivity index (χ4v) is 9.73. The van der Waals surface area contributed by atoms with Gasteiger partial charge < -0.3 is 8.98 Å². The van der Waals surface area contributed by atoms with Gasteiger partial charge in [0, 0.05) is 58.4 Å². The summed E-state index contributed by atoms with van der Waals surface area (Å²) in [7, 11) is 0. The Kier molecular flexibility index (Phi) is 7.03. The van der Waals surface area contributed by atoms with Crippen LogP contribution in [0.1, 0.15) is 0 Å². The van der Waals surface area contributed by atoms with E-state index in [4.69, 9.17) is 19.4 Å². The molecule has 266 valence electrons. The highest BCUT2D eigenvalue weighted by Crippen LogP contribution is 2.47. The second-order valence-electron chi connectivity index (χ2n) is 14.3. The van der Waals surface area contributed by atoms with Crippen LogP contribution >= 0.6 is 11.3 Å². The van der Waals surface area contributed by atoms with Gasteiger partial charge in [0.1, 0.15) is 11.2 Å². The van der Waals surface area contributed by atoms with Gasteiger partial charge >= 0.3 is 0 Å². The van der Waals surface area contributed by atoms with E-state index in [1.165, 1.54) is 47.7 Å². The largest absolute Gasteiger partial charge is 0.455 e. The number of hydrogen-bond donors (Lipinski definition) is 0. The summed E-state index contributed by atoms with van der Waals surface area (Å²) >= 11 is 1.84. The average Bonchev–Trinajstić information content (AvgIpc) is 3.97. The van der Waals surface area contributed by atoms with Gasteiger partial charge in [-0.1, -0.05) is 146 Å². The Labute approximate surface area is 330 Å². The Morgan fingerprint density at radius 3 is 1.49 bits per heavy atom. The number of para-hydroxylation sites is 4. The van der Waals surface area contributed by atoms with Gasteiger partial charge in [-0.3, -0.25) is 0 Å². The van der Waals surface area contributed by atoms with E-state index in [2.05, 4.69) is 120 Å². The maximum Gasteiger partial charge on any atom is 0.167 e. The van der Waals surface area contributed by atoms with Crippen LogP contribution in [-0.2, 0) is 0 Å². The Bertz CT molecular complexity index is 3420. The van der Waals surface area contributed by atoms with E-state index in [0.717, 1.165) is 49.8 Å². The molecule has 0 aliphatic heterocycles. The molecule has 6 heteroatoms. The quantitative estimate of drug-likeness (QED) is 0.176. The second kappa shape index (κ2) is 12.6. The van der Waals surface area contributed by atoms with E-state index in [1.807, 2.05) is 78.1 Å². The molecule has 5 nitrogen and oxygen atoms in total. The fourth-order valence-electron chi connectivity index (χ4n) is 8.58. The maximum atomic E-state index is 7.07. The lowest BCUT2D eigenvalue weighted by Crippen LogP contribution is -2.00. The topological polar surface area (TPSA) is 56.7 Å². The second-order valence-corrected chi connectivity index (χ2v) is 15.4. The first-order valence-electron chi connectivity index (χ1n) is 19.0. The molecule has 0 spiro atoms. The highest BCUT2D eigenvalue weighted by Gasteiger charge is 2.23. The molecule has 0 N–H and O–H groups in total. The van der Waals surface area contributed by atoms with Crippen LogP contribution in [0.25, 0.3) is 115 Å². The third kappa shape index (κ3) is 4.91. The molecule has 0 saturated carbocycles. The lowest BCUT2D eigenvalue weighted by atomic mass is 9.97. The molecule has 8 aromatic carbocycles. The monoisotopic (exact) mass is 746 g/mol. The van der Waals surface area contributed by atoms with Gasteiger partial charge in [0.15, 0.2) is 17.5 Å². The molecular weight excluding hydrogens is 717 g/mol. The van der Waals surface area contributed by atoms with E-state index in [1.54, 1.807) is 0 Å². The molecular formula is C51H30N4OS. The third-order valence-corrected chi connectivity index (χ3v) is 12.2. The predicted molar refractivity (Wildman–Crippen MR) is 236 cm³/mol. The first-order valence-corrected chi connectivity index (χ1v) is 19.8. The molecule has 0 fully saturated rings. The Morgan fingerprint density at radius 1 is 0.368 bits per heavy atom. The summed E-state index contributed by atoms with van der Waals surface area (Å²) in [6.07, 6.45) is 0. The van der Waals surface area contributed by atoms with E-state index >= 15 is 0 Å². The van der Waals surface area contributed by atoms with Crippen molar-refractivity contribution >= 4 is 75.3 Å². The van der Waals surface area contributed by atoms with Crippen molar-refractivity contribution in [2.45, 2.75) is 0 Å². The molecule has 57 heavy (non-hydrogen) atoms. The number of thiophene rings is 1. The smallest absolute Gasteiger partial charge is 0.167 e. The highest BCUT2D eigenvalue weighted by molar-refractivity contribution is 7.26. The maximum absolute atomic E-state index is 7.07. The first-order chi connectivity index (χ1) is 28.3. The summed E-state index contributed by atoms with van der Waals surface area (Å²) in [5.41, 5.74) is 9.99. The lowest BCUT2D eigenvalue weighted by Gasteiger charge is -2.12. The van der Waals surface area contributed by atoms with Gasteiger partial charge in [-0.2, -0.15) is 0 Å². The van der Waals surface area contributed by atoms with Crippen molar-refractivity contribution in [1.82, 2.24) is 19.5 Å². The van der Waals surface area contributed by atoms with Crippen LogP contribution in [-0.4, -0.2) is 19.5 Å². The number of hydrogen-bond acceptors (Lipinski definition) is 5. The number of aromatic nitrogens is 4. The summed E-state index contributed by atoms with van der Waals surface area (Å²) in [5.74, 6) is 1.79. The van der Waals surface area contributed by atoms with Crippen molar-refractivity contribution in [3.8, 4) is 51.0 Å². The van der Waals surface area contributed by atoms with Crippen molar-refractivity contribution in [3.05, 3.63) is 182 Å². The molecule has 0 aliphatic carbocycles. The molecule has 4 heterocycles. The van der Waals surface area contributed by atoms with Gasteiger partial charge in [0.2, 0.25) is 0 Å². The van der Waals surface area contributed by atoms with Crippen molar-refractivity contribution in [3.63, 3.8) is 0 Å². The zero-order valence-corrected chi connectivity index (χ0v) is 31.2. The number of nitrogens with zero attached hydrogens (tertiary/aromatic N) is 4. The van der Waals surface area contributed by atoms with Crippen LogP contribution in [0, 0.1) is 0 Å². The van der Waals surface area contributed by atoms with Crippen molar-refractivity contribution < 1.29 is 4.42 Å². The molecule has 0 bridgehead atoms. The first kappa shape index (κ1) is 31.9. The summed E-state index contributed by atoms with van der Waals surface area (Å²) in [6, 6.07) is 63.7. The van der Waals surface area contributed by atoms with Crippen molar-refractivity contribution in [2.24, 2.45) is 0 Å². The lowest BCUT2D eigenvalue weighted by molar-refractivity contribution is 0.670. The standard InChI is InChI=1S/C51H30N4OS/c1-3-15-31(16-4-1)49-52-50(32-17-5-2-6-18-32)54-51(53-49)39-25-12-24-38-37-23-11-22-36(47(37)56-48(38)39)35-21-13-29-43-45(35)46-42(28-14-30-44(46)57-43)55-40-26-9-7-19-33(40)34-20-8-10-27-41(34)55/h1-30H. The molecule has 0 atom stereocenters. The van der Waals surface area contributed by atoms with Gasteiger partial charge in [0.25, 0.3) is 0 Å². The minimum Gasteiger partial charge on any atom is -0.455 e. The van der Waals surface area contributed by atoms with E-state index in [-0.39, 0.29) is 0 Å². The number of fused-ring (bicyclic) bond motifs is 9. The van der Waals surface area contributed by atoms with Crippen molar-refractivity contribution in [2.75, 3.05) is 0 Å². The third-order valence-electron chi connectivity index (χ3n) is 11.1. The zero-order valence-electron chi connectivity index (χ0n) is 30.4. The van der Waals surface area contributed by atoms with Crippen LogP contribution < -0.4 is 0 Å². The number of furan rings is 1. The summed E-state index contributed by atoms with van der Waals surface area (Å²) in [6.45, 7) is 0. The Morgan fingerprint density at radius 2 is 0.842 bits per heavy atom. The van der Waals surface area contributed by atoms with Crippen LogP contribution in [0.5, 0.6) is 0 Å². The van der Waals surface area contributed by atoms with E-state index in [9.17, 15) is 0 Å². The summed E-state index contributed by atoms with van der Waals surface area (Å²) < 4.78 is 12.0. The van der Waals surface area contributed by atoms with Gasteiger partial charge in [-0.05, 0) is 42.0 Å². The Balaban J connectivity index is 1.10. The normalized spacial score (nSPS) is 11.9. The highest BCUT2D eigenvalue weighted by atomic mass is 32.1. The summed E-state index contributed by atoms with van der Waals surface area (Å²) in [4.78, 5) is 15.1. The molecule has 0 radical (unpaired) electrons. The average molecular weight is 747 g/mol. The molecule has 12 aromatic rings.